The second kappa shape index (κ2) is 13.6. The van der Waals surface area contributed by atoms with Crippen molar-refractivity contribution in [3.05, 3.63) is 97.9 Å². The molecular formula is C29H32Br2N2O3. The molecule has 3 aromatic carbocycles. The summed E-state index contributed by atoms with van der Waals surface area (Å²) in [4.78, 5) is 28.6. The van der Waals surface area contributed by atoms with E-state index in [1.165, 1.54) is 0 Å². The van der Waals surface area contributed by atoms with Crippen LogP contribution in [0.25, 0.3) is 0 Å². The standard InChI is InChI=1S/C29H32Br2N2O3/c1-4-14-32-29(35)26(17-22-8-6-5-7-9-22)33(18-23-10-12-24(30)13-11-23)27(34)19-36-25-15-20(2)28(31)21(3)16-25/h5-13,15-16,26H,4,14,17-19H2,1-3H3,(H,32,35)/t26-/m1/s1. The van der Waals surface area contributed by atoms with Crippen molar-refractivity contribution in [1.82, 2.24) is 10.2 Å². The Balaban J connectivity index is 1.90. The topological polar surface area (TPSA) is 58.6 Å². The van der Waals surface area contributed by atoms with Gasteiger partial charge in [0.1, 0.15) is 11.8 Å². The summed E-state index contributed by atoms with van der Waals surface area (Å²) in [7, 11) is 0. The predicted octanol–water partition coefficient (Wildman–Crippen LogP) is 6.37. The third kappa shape index (κ3) is 7.93. The smallest absolute Gasteiger partial charge is 0.261 e. The van der Waals surface area contributed by atoms with Crippen molar-refractivity contribution in [2.45, 2.75) is 46.2 Å². The third-order valence-electron chi connectivity index (χ3n) is 5.86. The molecule has 0 fully saturated rings. The molecule has 190 valence electrons. The predicted molar refractivity (Wildman–Crippen MR) is 151 cm³/mol. The molecule has 3 aromatic rings. The van der Waals surface area contributed by atoms with Gasteiger partial charge in [0.05, 0.1) is 0 Å². The van der Waals surface area contributed by atoms with E-state index in [1.54, 1.807) is 4.90 Å². The van der Waals surface area contributed by atoms with E-state index in [0.717, 1.165) is 37.6 Å². The fourth-order valence-electron chi connectivity index (χ4n) is 3.92. The van der Waals surface area contributed by atoms with E-state index in [9.17, 15) is 9.59 Å². The Morgan fingerprint density at radius 2 is 1.58 bits per heavy atom. The average Bonchev–Trinajstić information content (AvgIpc) is 2.88. The largest absolute Gasteiger partial charge is 0.484 e. The number of rotatable bonds is 11. The molecule has 0 aromatic heterocycles. The Morgan fingerprint density at radius 3 is 2.19 bits per heavy atom. The van der Waals surface area contributed by atoms with Crippen LogP contribution < -0.4 is 10.1 Å². The Bertz CT molecular complexity index is 1140. The fraction of sp³-hybridized carbons (Fsp3) is 0.310. The molecule has 0 aliphatic heterocycles. The summed E-state index contributed by atoms with van der Waals surface area (Å²) in [5, 5.41) is 2.99. The second-order valence-corrected chi connectivity index (χ2v) is 10.5. The van der Waals surface area contributed by atoms with E-state index >= 15 is 0 Å². The van der Waals surface area contributed by atoms with E-state index in [-0.39, 0.29) is 18.4 Å². The molecule has 0 unspecified atom stereocenters. The highest BCUT2D eigenvalue weighted by Gasteiger charge is 2.30. The van der Waals surface area contributed by atoms with Gasteiger partial charge < -0.3 is 15.0 Å². The van der Waals surface area contributed by atoms with Crippen molar-refractivity contribution in [3.63, 3.8) is 0 Å². The highest BCUT2D eigenvalue weighted by molar-refractivity contribution is 9.10. The Hall–Kier alpha value is -2.64. The fourth-order valence-corrected chi connectivity index (χ4v) is 4.42. The zero-order valence-electron chi connectivity index (χ0n) is 20.9. The normalized spacial score (nSPS) is 11.6. The first kappa shape index (κ1) is 27.9. The highest BCUT2D eigenvalue weighted by atomic mass is 79.9. The van der Waals surface area contributed by atoms with Gasteiger partial charge in [0.15, 0.2) is 6.61 Å². The molecule has 0 aliphatic carbocycles. The van der Waals surface area contributed by atoms with Gasteiger partial charge in [-0.15, -0.1) is 0 Å². The average molecular weight is 616 g/mol. The van der Waals surface area contributed by atoms with Gasteiger partial charge in [-0.3, -0.25) is 9.59 Å². The molecule has 1 N–H and O–H groups in total. The lowest BCUT2D eigenvalue weighted by Crippen LogP contribution is -2.51. The molecular weight excluding hydrogens is 584 g/mol. The van der Waals surface area contributed by atoms with E-state index in [1.807, 2.05) is 87.5 Å². The quantitative estimate of drug-likeness (QED) is 0.273. The molecule has 0 aliphatic rings. The molecule has 0 saturated heterocycles. The van der Waals surface area contributed by atoms with E-state index in [2.05, 4.69) is 37.2 Å². The number of halogens is 2. The van der Waals surface area contributed by atoms with Crippen molar-refractivity contribution in [1.29, 1.82) is 0 Å². The maximum Gasteiger partial charge on any atom is 0.261 e. The summed E-state index contributed by atoms with van der Waals surface area (Å²) in [6, 6.07) is 20.7. The number of aryl methyl sites for hydroxylation is 2. The molecule has 0 radical (unpaired) electrons. The number of carbonyl (C=O) groups is 2. The van der Waals surface area contributed by atoms with Crippen molar-refractivity contribution in [2.75, 3.05) is 13.2 Å². The SMILES string of the molecule is CCCNC(=O)[C@@H](Cc1ccccc1)N(Cc1ccc(Br)cc1)C(=O)COc1cc(C)c(Br)c(C)c1. The summed E-state index contributed by atoms with van der Waals surface area (Å²) < 4.78 is 7.91. The highest BCUT2D eigenvalue weighted by Crippen LogP contribution is 2.26. The molecule has 0 bridgehead atoms. The van der Waals surface area contributed by atoms with Crippen LogP contribution in [-0.2, 0) is 22.6 Å². The van der Waals surface area contributed by atoms with Crippen LogP contribution in [0.3, 0.4) is 0 Å². The van der Waals surface area contributed by atoms with Gasteiger partial charge in [0.2, 0.25) is 5.91 Å². The van der Waals surface area contributed by atoms with E-state index in [4.69, 9.17) is 4.74 Å². The van der Waals surface area contributed by atoms with Gasteiger partial charge in [-0.1, -0.05) is 81.2 Å². The number of hydrogen-bond acceptors (Lipinski definition) is 3. The van der Waals surface area contributed by atoms with Crippen LogP contribution >= 0.6 is 31.9 Å². The maximum atomic E-state index is 13.6. The van der Waals surface area contributed by atoms with Crippen LogP contribution in [0.4, 0.5) is 0 Å². The number of nitrogens with zero attached hydrogens (tertiary/aromatic N) is 1. The van der Waals surface area contributed by atoms with Crippen molar-refractivity contribution in [3.8, 4) is 5.75 Å². The number of hydrogen-bond donors (Lipinski definition) is 1. The van der Waals surface area contributed by atoms with Gasteiger partial charge in [0, 0.05) is 28.5 Å². The Kier molecular flexibility index (Phi) is 10.6. The maximum absolute atomic E-state index is 13.6. The zero-order chi connectivity index (χ0) is 26.1. The number of nitrogens with one attached hydrogen (secondary N) is 1. The van der Waals surface area contributed by atoms with Crippen LogP contribution in [0.15, 0.2) is 75.7 Å². The van der Waals surface area contributed by atoms with Crippen LogP contribution in [0, 0.1) is 13.8 Å². The van der Waals surface area contributed by atoms with Crippen LogP contribution in [0.2, 0.25) is 0 Å². The van der Waals surface area contributed by atoms with Gasteiger partial charge in [-0.2, -0.15) is 0 Å². The monoisotopic (exact) mass is 614 g/mol. The molecule has 2 amide bonds. The van der Waals surface area contributed by atoms with Crippen LogP contribution in [0.1, 0.15) is 35.6 Å². The minimum absolute atomic E-state index is 0.163. The molecule has 3 rings (SSSR count). The first-order chi connectivity index (χ1) is 17.3. The molecule has 36 heavy (non-hydrogen) atoms. The number of ether oxygens (including phenoxy) is 1. The molecule has 5 nitrogen and oxygen atoms in total. The molecule has 0 heterocycles. The number of carbonyl (C=O) groups excluding carboxylic acids is 2. The van der Waals surface area contributed by atoms with Gasteiger partial charge in [-0.25, -0.2) is 0 Å². The minimum Gasteiger partial charge on any atom is -0.484 e. The van der Waals surface area contributed by atoms with Crippen molar-refractivity contribution < 1.29 is 14.3 Å². The minimum atomic E-state index is -0.674. The van der Waals surface area contributed by atoms with Gasteiger partial charge in [0.25, 0.3) is 5.91 Å². The summed E-state index contributed by atoms with van der Waals surface area (Å²) in [5.41, 5.74) is 3.99. The summed E-state index contributed by atoms with van der Waals surface area (Å²) in [5.74, 6) is 0.213. The summed E-state index contributed by atoms with van der Waals surface area (Å²) in [6.07, 6.45) is 1.23. The van der Waals surface area contributed by atoms with Crippen LogP contribution in [-0.4, -0.2) is 35.9 Å². The number of benzene rings is 3. The molecule has 0 spiro atoms. The lowest BCUT2D eigenvalue weighted by atomic mass is 10.0. The molecule has 0 saturated carbocycles. The van der Waals surface area contributed by atoms with Crippen molar-refractivity contribution >= 4 is 43.7 Å². The van der Waals surface area contributed by atoms with Gasteiger partial charge >= 0.3 is 0 Å². The van der Waals surface area contributed by atoms with Gasteiger partial charge in [-0.05, 0) is 66.8 Å². The Labute approximate surface area is 230 Å². The molecule has 7 heteroatoms. The van der Waals surface area contributed by atoms with E-state index < -0.39 is 6.04 Å². The number of amides is 2. The Morgan fingerprint density at radius 1 is 0.944 bits per heavy atom. The summed E-state index contributed by atoms with van der Waals surface area (Å²) in [6.45, 7) is 6.67. The lowest BCUT2D eigenvalue weighted by Gasteiger charge is -2.31. The summed E-state index contributed by atoms with van der Waals surface area (Å²) >= 11 is 7.03. The third-order valence-corrected chi connectivity index (χ3v) is 7.64. The van der Waals surface area contributed by atoms with Crippen molar-refractivity contribution in [2.24, 2.45) is 0 Å². The molecule has 1 atom stereocenters. The zero-order valence-corrected chi connectivity index (χ0v) is 24.1. The lowest BCUT2D eigenvalue weighted by molar-refractivity contribution is -0.142. The second-order valence-electron chi connectivity index (χ2n) is 8.80. The first-order valence-electron chi connectivity index (χ1n) is 12.0. The van der Waals surface area contributed by atoms with Crippen LogP contribution in [0.5, 0.6) is 5.75 Å². The van der Waals surface area contributed by atoms with E-state index in [0.29, 0.717) is 25.3 Å². The first-order valence-corrected chi connectivity index (χ1v) is 13.6.